The standard InChI is InChI=1S/C37H21F3N4/c38-37(39,40)27-15-7-14-26-34-18-32-23-11-4-3-10-22(23)30(42-32)16-28-20-8-1-2-9-21(20)29(41-28)17-31-24-12-5-6-13-25(24)33(43-31)19-35(44-34)36(26)27/h1-19,41,44H. The van der Waals surface area contributed by atoms with Gasteiger partial charge in [-0.3, -0.25) is 0 Å². The van der Waals surface area contributed by atoms with Crippen molar-refractivity contribution in [3.63, 3.8) is 0 Å². The molecular formula is C37H21F3N4. The van der Waals surface area contributed by atoms with Gasteiger partial charge in [0.2, 0.25) is 0 Å². The number of aromatic nitrogens is 4. The number of H-pyrrole nitrogens is 2. The van der Waals surface area contributed by atoms with Crippen LogP contribution in [0.25, 0.3) is 88.6 Å². The Hall–Kier alpha value is -5.69. The Labute approximate surface area is 248 Å². The maximum atomic E-state index is 14.4. The number of rotatable bonds is 0. The highest BCUT2D eigenvalue weighted by Crippen LogP contribution is 2.42. The Bertz CT molecular complexity index is 2500. The molecule has 44 heavy (non-hydrogen) atoms. The Morgan fingerprint density at radius 3 is 1.30 bits per heavy atom. The Kier molecular flexibility index (Phi) is 5.03. The summed E-state index contributed by atoms with van der Waals surface area (Å²) in [5.41, 5.74) is 8.42. The molecule has 2 aliphatic heterocycles. The summed E-state index contributed by atoms with van der Waals surface area (Å²) in [6, 6.07) is 35.9. The number of alkyl halides is 3. The summed E-state index contributed by atoms with van der Waals surface area (Å²) in [4.78, 5) is 16.9. The quantitative estimate of drug-likeness (QED) is 0.188. The number of hydrogen-bond donors (Lipinski definition) is 2. The molecule has 4 nitrogen and oxygen atoms in total. The molecule has 7 heteroatoms. The third kappa shape index (κ3) is 3.65. The zero-order chi connectivity index (χ0) is 29.6. The molecule has 5 heterocycles. The van der Waals surface area contributed by atoms with Crippen molar-refractivity contribution < 1.29 is 13.2 Å². The minimum absolute atomic E-state index is 0.107. The first kappa shape index (κ1) is 24.9. The number of nitrogens with one attached hydrogen (secondary N) is 2. The summed E-state index contributed by atoms with van der Waals surface area (Å²) < 4.78 is 43.2. The predicted molar refractivity (Wildman–Crippen MR) is 170 cm³/mol. The van der Waals surface area contributed by atoms with E-state index in [1.165, 1.54) is 6.07 Å². The first-order valence-electron chi connectivity index (χ1n) is 14.2. The van der Waals surface area contributed by atoms with Gasteiger partial charge in [0.15, 0.2) is 0 Å². The van der Waals surface area contributed by atoms with Gasteiger partial charge in [-0.25, -0.2) is 9.97 Å². The van der Waals surface area contributed by atoms with Gasteiger partial charge >= 0.3 is 6.18 Å². The van der Waals surface area contributed by atoms with E-state index < -0.39 is 11.7 Å². The summed E-state index contributed by atoms with van der Waals surface area (Å²) >= 11 is 0. The highest BCUT2D eigenvalue weighted by molar-refractivity contribution is 6.11. The second-order valence-corrected chi connectivity index (χ2v) is 11.1. The molecule has 0 amide bonds. The van der Waals surface area contributed by atoms with E-state index in [0.717, 1.165) is 61.5 Å². The van der Waals surface area contributed by atoms with Crippen LogP contribution in [-0.4, -0.2) is 19.9 Å². The van der Waals surface area contributed by atoms with Crippen molar-refractivity contribution in [3.8, 4) is 45.0 Å². The third-order valence-electron chi connectivity index (χ3n) is 8.54. The molecular weight excluding hydrogens is 557 g/mol. The van der Waals surface area contributed by atoms with Crippen molar-refractivity contribution in [2.45, 2.75) is 6.18 Å². The van der Waals surface area contributed by atoms with E-state index in [4.69, 9.17) is 9.97 Å². The van der Waals surface area contributed by atoms with Crippen LogP contribution in [0.1, 0.15) is 5.56 Å². The summed E-state index contributed by atoms with van der Waals surface area (Å²) in [5.74, 6) is 0. The van der Waals surface area contributed by atoms with E-state index in [9.17, 15) is 13.2 Å². The average molecular weight is 579 g/mol. The van der Waals surface area contributed by atoms with Crippen molar-refractivity contribution in [2.24, 2.45) is 0 Å². The second kappa shape index (κ2) is 8.91. The van der Waals surface area contributed by atoms with Gasteiger partial charge in [0, 0.05) is 65.9 Å². The normalized spacial score (nSPS) is 12.4. The van der Waals surface area contributed by atoms with Crippen molar-refractivity contribution in [1.29, 1.82) is 0 Å². The van der Waals surface area contributed by atoms with Crippen molar-refractivity contribution >= 4 is 43.6 Å². The van der Waals surface area contributed by atoms with E-state index in [1.807, 2.05) is 78.9 Å². The highest BCUT2D eigenvalue weighted by Gasteiger charge is 2.33. The maximum absolute atomic E-state index is 14.4. The topological polar surface area (TPSA) is 57.4 Å². The van der Waals surface area contributed by atoms with Gasteiger partial charge in [0.1, 0.15) is 0 Å². The Morgan fingerprint density at radius 1 is 0.432 bits per heavy atom. The third-order valence-corrected chi connectivity index (χ3v) is 8.54. The lowest BCUT2D eigenvalue weighted by Gasteiger charge is -2.08. The van der Waals surface area contributed by atoms with Gasteiger partial charge in [-0.2, -0.15) is 13.2 Å². The van der Waals surface area contributed by atoms with E-state index in [2.05, 4.69) is 22.1 Å². The lowest BCUT2D eigenvalue weighted by atomic mass is 10.0. The van der Waals surface area contributed by atoms with E-state index in [0.29, 0.717) is 27.8 Å². The van der Waals surface area contributed by atoms with Gasteiger partial charge in [-0.1, -0.05) is 84.9 Å². The monoisotopic (exact) mass is 578 g/mol. The largest absolute Gasteiger partial charge is 0.417 e. The average Bonchev–Trinajstić information content (AvgIpc) is 3.76. The molecule has 0 spiro atoms. The molecule has 0 atom stereocenters. The maximum Gasteiger partial charge on any atom is 0.417 e. The van der Waals surface area contributed by atoms with Crippen LogP contribution in [0.15, 0.2) is 115 Å². The summed E-state index contributed by atoms with van der Waals surface area (Å²) in [6.45, 7) is 0. The number of halogens is 3. The lowest BCUT2D eigenvalue weighted by molar-refractivity contribution is -0.136. The van der Waals surface area contributed by atoms with Gasteiger partial charge in [-0.15, -0.1) is 0 Å². The smallest absolute Gasteiger partial charge is 0.354 e. The highest BCUT2D eigenvalue weighted by atomic mass is 19.4. The summed E-state index contributed by atoms with van der Waals surface area (Å²) in [6.07, 6.45) is -4.54. The van der Waals surface area contributed by atoms with Gasteiger partial charge < -0.3 is 9.97 Å². The predicted octanol–water partition coefficient (Wildman–Crippen LogP) is 10.3. The SMILES string of the molecule is FC(F)(F)c1cccc2c3cc4nc(cc5[nH]c(cc6nc(cc([nH]3)c12)-c1ccccc1-6)c1ccccc51)-c1ccccc1-4. The molecule has 0 fully saturated rings. The van der Waals surface area contributed by atoms with Crippen molar-refractivity contribution in [2.75, 3.05) is 0 Å². The summed E-state index contributed by atoms with van der Waals surface area (Å²) in [7, 11) is 0. The number of benzene rings is 4. The molecule has 0 unspecified atom stereocenters. The van der Waals surface area contributed by atoms with Gasteiger partial charge in [0.25, 0.3) is 0 Å². The fourth-order valence-corrected chi connectivity index (χ4v) is 6.61. The minimum Gasteiger partial charge on any atom is -0.354 e. The zero-order valence-corrected chi connectivity index (χ0v) is 23.0. The summed E-state index contributed by atoms with van der Waals surface area (Å²) in [5, 5.41) is 2.67. The molecule has 9 rings (SSSR count). The molecule has 0 radical (unpaired) electrons. The van der Waals surface area contributed by atoms with Crippen molar-refractivity contribution in [1.82, 2.24) is 19.9 Å². The van der Waals surface area contributed by atoms with E-state index >= 15 is 0 Å². The molecule has 4 aromatic carbocycles. The van der Waals surface area contributed by atoms with Crippen LogP contribution in [-0.2, 0) is 6.18 Å². The number of fused-ring (bicyclic) bond motifs is 20. The van der Waals surface area contributed by atoms with E-state index in [1.54, 1.807) is 12.1 Å². The van der Waals surface area contributed by atoms with Crippen LogP contribution in [0.2, 0.25) is 0 Å². The second-order valence-electron chi connectivity index (χ2n) is 11.1. The number of hydrogen-bond acceptors (Lipinski definition) is 2. The molecule has 210 valence electrons. The molecule has 2 aliphatic rings. The van der Waals surface area contributed by atoms with Crippen LogP contribution in [0, 0.1) is 0 Å². The van der Waals surface area contributed by atoms with Crippen LogP contribution < -0.4 is 0 Å². The van der Waals surface area contributed by atoms with Crippen LogP contribution in [0.5, 0.6) is 0 Å². The lowest BCUT2D eigenvalue weighted by Crippen LogP contribution is -2.04. The number of nitrogens with zero attached hydrogens (tertiary/aromatic N) is 2. The van der Waals surface area contributed by atoms with Gasteiger partial charge in [0.05, 0.1) is 28.3 Å². The molecule has 0 saturated heterocycles. The molecule has 2 N–H and O–H groups in total. The van der Waals surface area contributed by atoms with Crippen LogP contribution in [0.4, 0.5) is 13.2 Å². The first-order valence-corrected chi connectivity index (χ1v) is 14.2. The zero-order valence-electron chi connectivity index (χ0n) is 23.0. The van der Waals surface area contributed by atoms with Crippen LogP contribution in [0.3, 0.4) is 0 Å². The Balaban J connectivity index is 1.52. The Morgan fingerprint density at radius 2 is 0.818 bits per heavy atom. The molecule has 0 aliphatic carbocycles. The number of aromatic amines is 2. The van der Waals surface area contributed by atoms with Crippen LogP contribution >= 0.6 is 0 Å². The van der Waals surface area contributed by atoms with Gasteiger partial charge in [-0.05, 0) is 30.3 Å². The fourth-order valence-electron chi connectivity index (χ4n) is 6.61. The molecule has 8 bridgehead atoms. The first-order chi connectivity index (χ1) is 21.4. The van der Waals surface area contributed by atoms with Crippen molar-refractivity contribution in [3.05, 3.63) is 121 Å². The molecule has 0 saturated carbocycles. The molecule has 3 aromatic heterocycles. The molecule has 7 aromatic rings. The van der Waals surface area contributed by atoms with E-state index in [-0.39, 0.29) is 5.39 Å². The fraction of sp³-hybridized carbons (Fsp3) is 0.0270. The minimum atomic E-state index is -4.54.